The molecule has 0 saturated heterocycles. The molecule has 3 rings (SSSR count). The Balaban J connectivity index is 2.12. The first-order valence-corrected chi connectivity index (χ1v) is 6.14. The summed E-state index contributed by atoms with van der Waals surface area (Å²) in [5.74, 6) is 1.69. The van der Waals surface area contributed by atoms with Gasteiger partial charge in [0.1, 0.15) is 5.82 Å². The lowest BCUT2D eigenvalue weighted by Gasteiger charge is -2.01. The molecule has 0 atom stereocenters. The van der Waals surface area contributed by atoms with E-state index in [1.165, 1.54) is 0 Å². The van der Waals surface area contributed by atoms with E-state index in [1.54, 1.807) is 6.20 Å². The molecule has 0 radical (unpaired) electrons. The smallest absolute Gasteiger partial charge is 0.181 e. The molecule has 3 aromatic rings. The Bertz CT molecular complexity index is 667. The van der Waals surface area contributed by atoms with Crippen molar-refractivity contribution in [1.82, 2.24) is 20.2 Å². The van der Waals surface area contributed by atoms with Crippen LogP contribution in [0.3, 0.4) is 0 Å². The molecule has 90 valence electrons. The van der Waals surface area contributed by atoms with Crippen molar-refractivity contribution >= 4 is 10.9 Å². The number of rotatable bonds is 3. The predicted molar refractivity (Wildman–Crippen MR) is 71.1 cm³/mol. The Hall–Kier alpha value is -2.23. The highest BCUT2D eigenvalue weighted by Crippen LogP contribution is 2.24. The third-order valence-electron chi connectivity index (χ3n) is 2.91. The maximum absolute atomic E-state index is 4.53. The molecule has 0 amide bonds. The standard InChI is InChI=1S/C14H14N4/c1-2-5-13-16-14(18-17-13)11-6-3-8-12-10(11)7-4-9-15-12/h3-4,6-9H,2,5H2,1H3,(H,16,17,18). The second-order valence-electron chi connectivity index (χ2n) is 4.23. The molecule has 2 aromatic heterocycles. The average molecular weight is 238 g/mol. The van der Waals surface area contributed by atoms with E-state index in [0.29, 0.717) is 0 Å². The van der Waals surface area contributed by atoms with Gasteiger partial charge in [-0.25, -0.2) is 4.98 Å². The molecule has 1 aromatic carbocycles. The maximum Gasteiger partial charge on any atom is 0.181 e. The Labute approximate surface area is 105 Å². The van der Waals surface area contributed by atoms with Gasteiger partial charge in [0.2, 0.25) is 0 Å². The Morgan fingerprint density at radius 3 is 3.00 bits per heavy atom. The molecule has 0 aliphatic rings. The highest BCUT2D eigenvalue weighted by Gasteiger charge is 2.09. The lowest BCUT2D eigenvalue weighted by Crippen LogP contribution is -1.87. The first kappa shape index (κ1) is 10.9. The van der Waals surface area contributed by atoms with Crippen LogP contribution in [0.1, 0.15) is 19.2 Å². The quantitative estimate of drug-likeness (QED) is 0.763. The van der Waals surface area contributed by atoms with Crippen molar-refractivity contribution in [3.8, 4) is 11.4 Å². The minimum absolute atomic E-state index is 0.747. The highest BCUT2D eigenvalue weighted by atomic mass is 15.2. The van der Waals surface area contributed by atoms with E-state index in [2.05, 4.69) is 27.1 Å². The molecule has 0 fully saturated rings. The summed E-state index contributed by atoms with van der Waals surface area (Å²) in [5.41, 5.74) is 2.00. The summed E-state index contributed by atoms with van der Waals surface area (Å²) in [6, 6.07) is 10.0. The van der Waals surface area contributed by atoms with Crippen molar-refractivity contribution in [2.75, 3.05) is 0 Å². The fraction of sp³-hybridized carbons (Fsp3) is 0.214. The van der Waals surface area contributed by atoms with Gasteiger partial charge in [-0.1, -0.05) is 25.1 Å². The highest BCUT2D eigenvalue weighted by molar-refractivity contribution is 5.92. The van der Waals surface area contributed by atoms with Gasteiger partial charge in [0.05, 0.1) is 5.52 Å². The van der Waals surface area contributed by atoms with Crippen LogP contribution >= 0.6 is 0 Å². The van der Waals surface area contributed by atoms with Crippen molar-refractivity contribution in [2.24, 2.45) is 0 Å². The minimum atomic E-state index is 0.747. The van der Waals surface area contributed by atoms with Crippen LogP contribution in [-0.4, -0.2) is 20.2 Å². The van der Waals surface area contributed by atoms with Gasteiger partial charge in [-0.15, -0.1) is 0 Å². The zero-order chi connectivity index (χ0) is 12.4. The van der Waals surface area contributed by atoms with Crippen LogP contribution in [0, 0.1) is 0 Å². The fourth-order valence-corrected chi connectivity index (χ4v) is 2.06. The van der Waals surface area contributed by atoms with Crippen LogP contribution in [0.5, 0.6) is 0 Å². The van der Waals surface area contributed by atoms with E-state index in [0.717, 1.165) is 41.0 Å². The summed E-state index contributed by atoms with van der Waals surface area (Å²) in [5, 5.41) is 8.36. The molecule has 4 nitrogen and oxygen atoms in total. The number of pyridine rings is 1. The molecule has 0 spiro atoms. The van der Waals surface area contributed by atoms with Crippen molar-refractivity contribution < 1.29 is 0 Å². The average Bonchev–Trinajstić information content (AvgIpc) is 2.87. The first-order valence-electron chi connectivity index (χ1n) is 6.14. The number of H-pyrrole nitrogens is 1. The molecule has 2 heterocycles. The van der Waals surface area contributed by atoms with Crippen molar-refractivity contribution in [3.63, 3.8) is 0 Å². The normalized spacial score (nSPS) is 10.9. The van der Waals surface area contributed by atoms with Gasteiger partial charge in [0, 0.05) is 23.6 Å². The Kier molecular flexibility index (Phi) is 2.76. The molecular weight excluding hydrogens is 224 g/mol. The van der Waals surface area contributed by atoms with E-state index >= 15 is 0 Å². The lowest BCUT2D eigenvalue weighted by atomic mass is 10.1. The molecular formula is C14H14N4. The van der Waals surface area contributed by atoms with Crippen LogP contribution in [-0.2, 0) is 6.42 Å². The molecule has 0 unspecified atom stereocenters. The number of aromatic amines is 1. The number of hydrogen-bond acceptors (Lipinski definition) is 3. The molecule has 0 aliphatic carbocycles. The SMILES string of the molecule is CCCc1nc(-c2cccc3ncccc23)n[nH]1. The van der Waals surface area contributed by atoms with Crippen LogP contribution in [0.2, 0.25) is 0 Å². The Morgan fingerprint density at radius 1 is 1.17 bits per heavy atom. The zero-order valence-electron chi connectivity index (χ0n) is 10.2. The van der Waals surface area contributed by atoms with Gasteiger partial charge < -0.3 is 0 Å². The van der Waals surface area contributed by atoms with Gasteiger partial charge in [-0.3, -0.25) is 10.1 Å². The van der Waals surface area contributed by atoms with E-state index in [9.17, 15) is 0 Å². The summed E-state index contributed by atoms with van der Waals surface area (Å²) in [7, 11) is 0. The summed E-state index contributed by atoms with van der Waals surface area (Å²) in [4.78, 5) is 8.87. The third kappa shape index (κ3) is 1.86. The Morgan fingerprint density at radius 2 is 2.11 bits per heavy atom. The number of fused-ring (bicyclic) bond motifs is 1. The van der Waals surface area contributed by atoms with Crippen molar-refractivity contribution in [2.45, 2.75) is 19.8 Å². The second-order valence-corrected chi connectivity index (χ2v) is 4.23. The first-order chi connectivity index (χ1) is 8.88. The molecule has 0 saturated carbocycles. The zero-order valence-corrected chi connectivity index (χ0v) is 10.2. The number of benzene rings is 1. The van der Waals surface area contributed by atoms with E-state index in [-0.39, 0.29) is 0 Å². The molecule has 0 aliphatic heterocycles. The van der Waals surface area contributed by atoms with E-state index < -0.39 is 0 Å². The lowest BCUT2D eigenvalue weighted by molar-refractivity contribution is 0.841. The van der Waals surface area contributed by atoms with Crippen molar-refractivity contribution in [3.05, 3.63) is 42.4 Å². The van der Waals surface area contributed by atoms with Gasteiger partial charge in [-0.2, -0.15) is 5.10 Å². The topological polar surface area (TPSA) is 54.5 Å². The van der Waals surface area contributed by atoms with E-state index in [4.69, 9.17) is 0 Å². The second kappa shape index (κ2) is 4.56. The number of hydrogen-bond donors (Lipinski definition) is 1. The number of nitrogens with zero attached hydrogens (tertiary/aromatic N) is 3. The van der Waals surface area contributed by atoms with Crippen LogP contribution in [0.25, 0.3) is 22.3 Å². The van der Waals surface area contributed by atoms with Crippen molar-refractivity contribution in [1.29, 1.82) is 0 Å². The minimum Gasteiger partial charge on any atom is -0.263 e. The third-order valence-corrected chi connectivity index (χ3v) is 2.91. The van der Waals surface area contributed by atoms with E-state index in [1.807, 2.05) is 30.3 Å². The fourth-order valence-electron chi connectivity index (χ4n) is 2.06. The van der Waals surface area contributed by atoms with Crippen LogP contribution in [0.15, 0.2) is 36.5 Å². The summed E-state index contributed by atoms with van der Waals surface area (Å²) >= 11 is 0. The number of aromatic nitrogens is 4. The predicted octanol–water partition coefficient (Wildman–Crippen LogP) is 2.97. The van der Waals surface area contributed by atoms with Crippen LogP contribution in [0.4, 0.5) is 0 Å². The molecule has 18 heavy (non-hydrogen) atoms. The van der Waals surface area contributed by atoms with Gasteiger partial charge >= 0.3 is 0 Å². The number of nitrogens with one attached hydrogen (secondary N) is 1. The summed E-state index contributed by atoms with van der Waals surface area (Å²) in [6.45, 7) is 2.13. The monoisotopic (exact) mass is 238 g/mol. The number of aryl methyl sites for hydroxylation is 1. The van der Waals surface area contributed by atoms with Gasteiger partial charge in [0.25, 0.3) is 0 Å². The summed E-state index contributed by atoms with van der Waals surface area (Å²) in [6.07, 6.45) is 3.79. The molecule has 1 N–H and O–H groups in total. The van der Waals surface area contributed by atoms with Gasteiger partial charge in [0.15, 0.2) is 5.82 Å². The molecule has 4 heteroatoms. The largest absolute Gasteiger partial charge is 0.263 e. The van der Waals surface area contributed by atoms with Crippen LogP contribution < -0.4 is 0 Å². The maximum atomic E-state index is 4.53. The molecule has 0 bridgehead atoms. The summed E-state index contributed by atoms with van der Waals surface area (Å²) < 4.78 is 0. The van der Waals surface area contributed by atoms with Gasteiger partial charge in [-0.05, 0) is 18.6 Å².